The van der Waals surface area contributed by atoms with Crippen LogP contribution in [0.5, 0.6) is 11.5 Å². The largest absolute Gasteiger partial charge is 0.456 e. The number of hydrogen-bond donors (Lipinski definition) is 0. The van der Waals surface area contributed by atoms with Gasteiger partial charge in [0, 0.05) is 45.3 Å². The molecule has 0 saturated heterocycles. The van der Waals surface area contributed by atoms with E-state index in [-0.39, 0.29) is 12.8 Å². The van der Waals surface area contributed by atoms with Gasteiger partial charge >= 0.3 is 0 Å². The van der Waals surface area contributed by atoms with Crippen LogP contribution in [0, 0.1) is 6.92 Å². The monoisotopic (exact) mass is 638 g/mol. The molecule has 44 heavy (non-hydrogen) atoms. The summed E-state index contributed by atoms with van der Waals surface area (Å²) < 4.78 is 43.7. The van der Waals surface area contributed by atoms with Crippen LogP contribution in [-0.4, -0.2) is 49.9 Å². The van der Waals surface area contributed by atoms with E-state index in [0.717, 1.165) is 35.1 Å². The highest BCUT2D eigenvalue weighted by atomic mass is 35.5. The van der Waals surface area contributed by atoms with Crippen LogP contribution >= 0.6 is 11.6 Å². The van der Waals surface area contributed by atoms with Gasteiger partial charge in [0.15, 0.2) is 0 Å². The Bertz CT molecular complexity index is 1820. The average molecular weight is 639 g/mol. The number of alkyl halides is 2. The van der Waals surface area contributed by atoms with Gasteiger partial charge in [0.1, 0.15) is 34.6 Å². The molecule has 0 radical (unpaired) electrons. The Morgan fingerprint density at radius 3 is 2.50 bits per heavy atom. The summed E-state index contributed by atoms with van der Waals surface area (Å²) in [6, 6.07) is 10.4. The van der Waals surface area contributed by atoms with E-state index in [9.17, 15) is 8.78 Å². The van der Waals surface area contributed by atoms with Crippen LogP contribution in [0.25, 0.3) is 33.3 Å². The van der Waals surface area contributed by atoms with E-state index in [1.54, 1.807) is 23.1 Å². The van der Waals surface area contributed by atoms with Crippen molar-refractivity contribution < 1.29 is 18.3 Å². The SMILES string of the molecule is Cc1nc2ccc(Oc3ccc4ncc(-c5cnn(C6(C)CCC(F)(F)CC6)c5)nc4c3Cl)cc2n1COCC[Si](C)(C)C. The minimum Gasteiger partial charge on any atom is -0.456 e. The normalized spacial score (nSPS) is 16.5. The van der Waals surface area contributed by atoms with Gasteiger partial charge in [-0.2, -0.15) is 5.10 Å². The third-order valence-corrected chi connectivity index (χ3v) is 10.5. The Morgan fingerprint density at radius 1 is 1.00 bits per heavy atom. The fourth-order valence-corrected chi connectivity index (χ4v) is 6.49. The lowest BCUT2D eigenvalue weighted by Gasteiger charge is -2.37. The highest BCUT2D eigenvalue weighted by Crippen LogP contribution is 2.42. The summed E-state index contributed by atoms with van der Waals surface area (Å²) in [5, 5.41) is 4.85. The molecule has 1 saturated carbocycles. The van der Waals surface area contributed by atoms with Crippen molar-refractivity contribution in [3.8, 4) is 22.8 Å². The highest BCUT2D eigenvalue weighted by molar-refractivity contribution is 6.76. The summed E-state index contributed by atoms with van der Waals surface area (Å²) in [7, 11) is -1.18. The molecule has 6 rings (SSSR count). The Kier molecular flexibility index (Phi) is 8.00. The summed E-state index contributed by atoms with van der Waals surface area (Å²) >= 11 is 6.85. The summed E-state index contributed by atoms with van der Waals surface area (Å²) in [5.74, 6) is -0.678. The Hall–Kier alpha value is -3.41. The molecule has 3 heterocycles. The van der Waals surface area contributed by atoms with E-state index in [4.69, 9.17) is 26.1 Å². The van der Waals surface area contributed by atoms with E-state index in [2.05, 4.69) is 34.7 Å². The molecule has 232 valence electrons. The van der Waals surface area contributed by atoms with Gasteiger partial charge in [-0.05, 0) is 57.0 Å². The maximum Gasteiger partial charge on any atom is 0.248 e. The predicted molar refractivity (Wildman–Crippen MR) is 171 cm³/mol. The van der Waals surface area contributed by atoms with Gasteiger partial charge in [0.2, 0.25) is 5.92 Å². The quantitative estimate of drug-likeness (QED) is 0.119. The first-order valence-electron chi connectivity index (χ1n) is 14.9. The van der Waals surface area contributed by atoms with Gasteiger partial charge in [-0.25, -0.2) is 18.7 Å². The zero-order valence-corrected chi connectivity index (χ0v) is 27.5. The van der Waals surface area contributed by atoms with Crippen molar-refractivity contribution >= 4 is 41.7 Å². The van der Waals surface area contributed by atoms with Gasteiger partial charge in [0.05, 0.1) is 40.2 Å². The summed E-state index contributed by atoms with van der Waals surface area (Å²) in [5.41, 5.74) is 3.75. The van der Waals surface area contributed by atoms with Crippen LogP contribution in [0.3, 0.4) is 0 Å². The van der Waals surface area contributed by atoms with Crippen molar-refractivity contribution in [3.63, 3.8) is 0 Å². The Morgan fingerprint density at radius 2 is 1.75 bits per heavy atom. The van der Waals surface area contributed by atoms with Gasteiger partial charge in [-0.3, -0.25) is 9.67 Å². The van der Waals surface area contributed by atoms with Gasteiger partial charge in [0.25, 0.3) is 0 Å². The van der Waals surface area contributed by atoms with Crippen molar-refractivity contribution in [2.75, 3.05) is 6.61 Å². The van der Waals surface area contributed by atoms with Crippen LogP contribution in [-0.2, 0) is 17.0 Å². The maximum absolute atomic E-state index is 13.8. The summed E-state index contributed by atoms with van der Waals surface area (Å²) in [6.45, 7) is 12.1. The number of benzene rings is 2. The molecule has 1 aliphatic rings. The molecule has 12 heteroatoms. The number of aryl methyl sites for hydroxylation is 1. The van der Waals surface area contributed by atoms with Gasteiger partial charge in [-0.15, -0.1) is 0 Å². The standard InChI is InChI=1S/C32H37ClF2N6O2Si/c1-21-38-24-7-6-23(16-27(24)40(21)20-42-14-15-44(3,4)5)43-28-9-8-25-30(29(28)33)39-26(18-36-25)22-17-37-41(19-22)31(2)10-12-32(34,35)13-11-31/h6-9,16-19H,10-15,20H2,1-5H3. The van der Waals surface area contributed by atoms with Crippen LogP contribution < -0.4 is 4.74 Å². The second-order valence-corrected chi connectivity index (χ2v) is 19.2. The predicted octanol–water partition coefficient (Wildman–Crippen LogP) is 8.83. The fraction of sp³-hybridized carbons (Fsp3) is 0.438. The van der Waals surface area contributed by atoms with Crippen LogP contribution in [0.2, 0.25) is 30.7 Å². The molecule has 0 spiro atoms. The van der Waals surface area contributed by atoms with Crippen molar-refractivity contribution in [2.24, 2.45) is 0 Å². The smallest absolute Gasteiger partial charge is 0.248 e. The molecule has 0 unspecified atom stereocenters. The Balaban J connectivity index is 1.23. The molecule has 0 bridgehead atoms. The molecule has 8 nitrogen and oxygen atoms in total. The number of ether oxygens (including phenoxy) is 2. The maximum atomic E-state index is 13.8. The molecule has 3 aromatic heterocycles. The molecule has 1 fully saturated rings. The van der Waals surface area contributed by atoms with E-state index in [0.29, 0.717) is 52.8 Å². The number of halogens is 3. The van der Waals surface area contributed by atoms with E-state index >= 15 is 0 Å². The number of rotatable bonds is 9. The third-order valence-electron chi connectivity index (χ3n) is 8.46. The molecule has 1 aliphatic carbocycles. The minimum atomic E-state index is -2.61. The van der Waals surface area contributed by atoms with Crippen molar-refractivity contribution in [1.29, 1.82) is 0 Å². The molecule has 0 amide bonds. The molecule has 0 atom stereocenters. The van der Waals surface area contributed by atoms with Crippen molar-refractivity contribution in [3.05, 3.63) is 59.8 Å². The Labute approximate surface area is 261 Å². The number of imidazole rings is 1. The zero-order chi connectivity index (χ0) is 31.3. The van der Waals surface area contributed by atoms with E-state index in [1.807, 2.05) is 48.9 Å². The molecule has 0 aliphatic heterocycles. The third kappa shape index (κ3) is 6.36. The van der Waals surface area contributed by atoms with Crippen LogP contribution in [0.4, 0.5) is 8.78 Å². The molecular weight excluding hydrogens is 602 g/mol. The van der Waals surface area contributed by atoms with E-state index < -0.39 is 19.5 Å². The molecule has 5 aromatic rings. The first kappa shape index (κ1) is 30.6. The molecular formula is C32H37ClF2N6O2Si. The van der Waals surface area contributed by atoms with Crippen molar-refractivity contribution in [1.82, 2.24) is 29.3 Å². The van der Waals surface area contributed by atoms with Gasteiger partial charge in [-0.1, -0.05) is 31.2 Å². The van der Waals surface area contributed by atoms with Gasteiger partial charge < -0.3 is 14.0 Å². The first-order chi connectivity index (χ1) is 20.8. The summed E-state index contributed by atoms with van der Waals surface area (Å²) in [4.78, 5) is 14.1. The minimum absolute atomic E-state index is 0.145. The highest BCUT2D eigenvalue weighted by Gasteiger charge is 2.42. The van der Waals surface area contributed by atoms with Crippen LogP contribution in [0.1, 0.15) is 38.4 Å². The van der Waals surface area contributed by atoms with Crippen LogP contribution in [0.15, 0.2) is 48.9 Å². The topological polar surface area (TPSA) is 79.9 Å². The number of nitrogens with zero attached hydrogens (tertiary/aromatic N) is 6. The molecule has 2 aromatic carbocycles. The first-order valence-corrected chi connectivity index (χ1v) is 19.0. The number of hydrogen-bond acceptors (Lipinski definition) is 6. The second kappa shape index (κ2) is 11.5. The second-order valence-electron chi connectivity index (χ2n) is 13.2. The lowest BCUT2D eigenvalue weighted by atomic mass is 9.81. The zero-order valence-electron chi connectivity index (χ0n) is 25.7. The summed E-state index contributed by atoms with van der Waals surface area (Å²) in [6.07, 6.45) is 5.63. The fourth-order valence-electron chi connectivity index (χ4n) is 5.49. The number of aromatic nitrogens is 6. The van der Waals surface area contributed by atoms with E-state index in [1.165, 1.54) is 0 Å². The lowest BCUT2D eigenvalue weighted by Crippen LogP contribution is -2.39. The average Bonchev–Trinajstić information content (AvgIpc) is 3.59. The molecule has 0 N–H and O–H groups in total. The lowest BCUT2D eigenvalue weighted by molar-refractivity contribution is -0.0622. The number of fused-ring (bicyclic) bond motifs is 2. The van der Waals surface area contributed by atoms with Crippen molar-refractivity contribution in [2.45, 2.75) is 83.4 Å².